The SMILES string of the molecule is COc1cccc(C2/C(=C(/O)c3ccc(OC)c(Cl)c3)C(=O)C(=O)N2c2ccc(CC(=O)O)cc2)c1. The molecule has 1 heterocycles. The Morgan fingerprint density at radius 3 is 2.31 bits per heavy atom. The maximum absolute atomic E-state index is 13.3. The summed E-state index contributed by atoms with van der Waals surface area (Å²) < 4.78 is 10.5. The largest absolute Gasteiger partial charge is 0.507 e. The van der Waals surface area contributed by atoms with E-state index in [1.807, 2.05) is 0 Å². The fourth-order valence-corrected chi connectivity index (χ4v) is 4.40. The van der Waals surface area contributed by atoms with Gasteiger partial charge in [-0.2, -0.15) is 0 Å². The van der Waals surface area contributed by atoms with Crippen molar-refractivity contribution >= 4 is 40.7 Å². The maximum Gasteiger partial charge on any atom is 0.307 e. The van der Waals surface area contributed by atoms with E-state index in [2.05, 4.69) is 0 Å². The monoisotopic (exact) mass is 507 g/mol. The molecule has 0 bridgehead atoms. The number of benzene rings is 3. The molecule has 9 heteroatoms. The molecule has 3 aromatic carbocycles. The van der Waals surface area contributed by atoms with Gasteiger partial charge in [-0.3, -0.25) is 19.3 Å². The van der Waals surface area contributed by atoms with Crippen LogP contribution in [0.15, 0.2) is 72.3 Å². The van der Waals surface area contributed by atoms with Crippen LogP contribution in [-0.2, 0) is 20.8 Å². The molecule has 8 nitrogen and oxygen atoms in total. The Balaban J connectivity index is 1.89. The summed E-state index contributed by atoms with van der Waals surface area (Å²) in [6, 6.07) is 16.7. The average molecular weight is 508 g/mol. The van der Waals surface area contributed by atoms with Crippen LogP contribution < -0.4 is 14.4 Å². The van der Waals surface area contributed by atoms with Gasteiger partial charge in [0.1, 0.15) is 17.3 Å². The van der Waals surface area contributed by atoms with E-state index in [0.717, 1.165) is 0 Å². The Bertz CT molecular complexity index is 1380. The number of anilines is 1. The fraction of sp³-hybridized carbons (Fsp3) is 0.148. The zero-order chi connectivity index (χ0) is 26.0. The van der Waals surface area contributed by atoms with E-state index in [1.165, 1.54) is 31.3 Å². The van der Waals surface area contributed by atoms with Crippen LogP contribution in [0.4, 0.5) is 5.69 Å². The summed E-state index contributed by atoms with van der Waals surface area (Å²) in [6.45, 7) is 0. The second-order valence-corrected chi connectivity index (χ2v) is 8.44. The highest BCUT2D eigenvalue weighted by Crippen LogP contribution is 2.43. The van der Waals surface area contributed by atoms with Crippen molar-refractivity contribution in [2.45, 2.75) is 12.5 Å². The van der Waals surface area contributed by atoms with Crippen molar-refractivity contribution in [2.24, 2.45) is 0 Å². The first-order chi connectivity index (χ1) is 17.2. The number of aliphatic carboxylic acids is 1. The quantitative estimate of drug-likeness (QED) is 0.273. The third kappa shape index (κ3) is 4.63. The molecular weight excluding hydrogens is 486 g/mol. The molecule has 0 aromatic heterocycles. The number of methoxy groups -OCH3 is 2. The number of hydrogen-bond donors (Lipinski definition) is 2. The van der Waals surface area contributed by atoms with Gasteiger partial charge in [0.15, 0.2) is 0 Å². The van der Waals surface area contributed by atoms with E-state index in [9.17, 15) is 19.5 Å². The van der Waals surface area contributed by atoms with E-state index in [-0.39, 0.29) is 22.6 Å². The van der Waals surface area contributed by atoms with Crippen LogP contribution in [0.25, 0.3) is 5.76 Å². The molecule has 1 amide bonds. The van der Waals surface area contributed by atoms with E-state index in [4.69, 9.17) is 26.2 Å². The highest BCUT2D eigenvalue weighted by atomic mass is 35.5. The summed E-state index contributed by atoms with van der Waals surface area (Å²) >= 11 is 6.23. The molecule has 1 fully saturated rings. The predicted octanol–water partition coefficient (Wildman–Crippen LogP) is 4.61. The number of aliphatic hydroxyl groups is 1. The molecule has 184 valence electrons. The molecule has 1 atom stereocenters. The van der Waals surface area contributed by atoms with Crippen molar-refractivity contribution in [3.05, 3.63) is 94.0 Å². The van der Waals surface area contributed by atoms with Crippen LogP contribution in [0.2, 0.25) is 5.02 Å². The second kappa shape index (κ2) is 10.1. The number of ether oxygens (including phenoxy) is 2. The third-order valence-corrected chi connectivity index (χ3v) is 6.14. The van der Waals surface area contributed by atoms with Gasteiger partial charge in [-0.15, -0.1) is 0 Å². The number of Topliss-reactive ketones (excluding diaryl/α,β-unsaturated/α-hetero) is 1. The van der Waals surface area contributed by atoms with Gasteiger partial charge < -0.3 is 19.7 Å². The first-order valence-corrected chi connectivity index (χ1v) is 11.2. The summed E-state index contributed by atoms with van der Waals surface area (Å²) in [4.78, 5) is 38.9. The topological polar surface area (TPSA) is 113 Å². The molecule has 1 aliphatic rings. The van der Waals surface area contributed by atoms with Crippen LogP contribution in [0, 0.1) is 0 Å². The van der Waals surface area contributed by atoms with Gasteiger partial charge in [0.25, 0.3) is 11.7 Å². The molecule has 1 aliphatic heterocycles. The van der Waals surface area contributed by atoms with Gasteiger partial charge in [-0.1, -0.05) is 35.9 Å². The number of halogens is 1. The first kappa shape index (κ1) is 24.8. The molecule has 1 saturated heterocycles. The van der Waals surface area contributed by atoms with E-state index < -0.39 is 29.5 Å². The van der Waals surface area contributed by atoms with Crippen LogP contribution >= 0.6 is 11.6 Å². The number of carboxylic acids is 1. The van der Waals surface area contributed by atoms with Gasteiger partial charge in [0.05, 0.1) is 37.3 Å². The van der Waals surface area contributed by atoms with Crippen molar-refractivity contribution in [1.82, 2.24) is 0 Å². The van der Waals surface area contributed by atoms with Crippen LogP contribution in [0.5, 0.6) is 11.5 Å². The highest BCUT2D eigenvalue weighted by molar-refractivity contribution is 6.51. The Hall–Kier alpha value is -4.30. The molecular formula is C27H22ClNO7. The normalized spacial score (nSPS) is 16.8. The smallest absolute Gasteiger partial charge is 0.307 e. The van der Waals surface area contributed by atoms with Crippen molar-refractivity contribution in [1.29, 1.82) is 0 Å². The van der Waals surface area contributed by atoms with Crippen LogP contribution in [0.1, 0.15) is 22.7 Å². The Morgan fingerprint density at radius 1 is 0.972 bits per heavy atom. The van der Waals surface area contributed by atoms with Gasteiger partial charge in [0.2, 0.25) is 0 Å². The number of nitrogens with zero attached hydrogens (tertiary/aromatic N) is 1. The molecule has 1 unspecified atom stereocenters. The average Bonchev–Trinajstić information content (AvgIpc) is 3.14. The minimum Gasteiger partial charge on any atom is -0.507 e. The van der Waals surface area contributed by atoms with Crippen molar-refractivity contribution in [3.8, 4) is 11.5 Å². The van der Waals surface area contributed by atoms with Gasteiger partial charge in [0, 0.05) is 11.3 Å². The Morgan fingerprint density at radius 2 is 1.69 bits per heavy atom. The summed E-state index contributed by atoms with van der Waals surface area (Å²) in [6.07, 6.45) is -0.184. The molecule has 36 heavy (non-hydrogen) atoms. The number of amides is 1. The zero-order valence-corrected chi connectivity index (χ0v) is 20.2. The molecule has 0 radical (unpaired) electrons. The van der Waals surface area contributed by atoms with Gasteiger partial charge >= 0.3 is 5.97 Å². The number of carbonyl (C=O) groups is 3. The lowest BCUT2D eigenvalue weighted by Crippen LogP contribution is -2.29. The highest BCUT2D eigenvalue weighted by Gasteiger charge is 2.47. The summed E-state index contributed by atoms with van der Waals surface area (Å²) in [5.41, 5.74) is 1.55. The van der Waals surface area contributed by atoms with Crippen LogP contribution in [0.3, 0.4) is 0 Å². The van der Waals surface area contributed by atoms with Crippen molar-refractivity contribution in [2.75, 3.05) is 19.1 Å². The Labute approximate surface area is 211 Å². The number of carbonyl (C=O) groups excluding carboxylic acids is 2. The van der Waals surface area contributed by atoms with Gasteiger partial charge in [-0.05, 0) is 53.6 Å². The molecule has 2 N–H and O–H groups in total. The van der Waals surface area contributed by atoms with E-state index in [0.29, 0.717) is 28.3 Å². The summed E-state index contributed by atoms with van der Waals surface area (Å²) in [5, 5.41) is 20.5. The number of hydrogen-bond acceptors (Lipinski definition) is 6. The second-order valence-electron chi connectivity index (χ2n) is 8.03. The fourth-order valence-electron chi connectivity index (χ4n) is 4.14. The predicted molar refractivity (Wildman–Crippen MR) is 134 cm³/mol. The minimum atomic E-state index is -0.988. The molecule has 0 spiro atoms. The lowest BCUT2D eigenvalue weighted by molar-refractivity contribution is -0.136. The van der Waals surface area contributed by atoms with Crippen LogP contribution in [-0.4, -0.2) is 42.1 Å². The molecule has 0 aliphatic carbocycles. The number of ketones is 1. The third-order valence-electron chi connectivity index (χ3n) is 5.85. The lowest BCUT2D eigenvalue weighted by atomic mass is 9.95. The first-order valence-electron chi connectivity index (χ1n) is 10.8. The van der Waals surface area contributed by atoms with E-state index in [1.54, 1.807) is 54.6 Å². The molecule has 0 saturated carbocycles. The summed E-state index contributed by atoms with van der Waals surface area (Å²) in [7, 11) is 2.95. The Kier molecular flexibility index (Phi) is 6.98. The molecule has 3 aromatic rings. The van der Waals surface area contributed by atoms with Gasteiger partial charge in [-0.25, -0.2) is 0 Å². The zero-order valence-electron chi connectivity index (χ0n) is 19.4. The minimum absolute atomic E-state index is 0.121. The van der Waals surface area contributed by atoms with Crippen molar-refractivity contribution in [3.63, 3.8) is 0 Å². The standard InChI is InChI=1S/C27H22ClNO7/c1-35-19-5-3-4-16(13-19)24-23(25(32)17-8-11-21(36-2)20(28)14-17)26(33)27(34)29(24)18-9-6-15(7-10-18)12-22(30)31/h3-11,13-14,24,32H,12H2,1-2H3,(H,30,31)/b25-23-. The maximum atomic E-state index is 13.3. The van der Waals surface area contributed by atoms with E-state index >= 15 is 0 Å². The lowest BCUT2D eigenvalue weighted by Gasteiger charge is -2.26. The number of aliphatic hydroxyl groups excluding tert-OH is 1. The summed E-state index contributed by atoms with van der Waals surface area (Å²) in [5.74, 6) is -2.20. The van der Waals surface area contributed by atoms with Crippen molar-refractivity contribution < 1.29 is 34.1 Å². The number of carboxylic acid groups (broad SMARTS) is 1. The molecule has 4 rings (SSSR count). The number of rotatable bonds is 7.